The van der Waals surface area contributed by atoms with Crippen LogP contribution in [0.1, 0.15) is 0 Å². The molecule has 0 saturated heterocycles. The highest BCUT2D eigenvalue weighted by Gasteiger charge is 2.89. The van der Waals surface area contributed by atoms with Crippen molar-refractivity contribution in [1.82, 2.24) is 0 Å². The summed E-state index contributed by atoms with van der Waals surface area (Å²) < 4.78 is 170. The maximum atomic E-state index is 12.6. The summed E-state index contributed by atoms with van der Waals surface area (Å²) in [7, 11) is 0. The first-order valence-corrected chi connectivity index (χ1v) is 4.24. The van der Waals surface area contributed by atoms with Crippen molar-refractivity contribution in [2.75, 3.05) is 0 Å². The summed E-state index contributed by atoms with van der Waals surface area (Å²) in [5, 5.41) is 0. The lowest BCUT2D eigenvalue weighted by molar-refractivity contribution is -0.414. The molecule has 0 amide bonds. The van der Waals surface area contributed by atoms with Crippen LogP contribution >= 0.6 is 0 Å². The standard InChI is InChI=1S/C7HF14/c8-1(9)3(12,13)5(16,17)7(20,21)6(18,19)4(14,15)2(10)11/h1H. The zero-order valence-corrected chi connectivity index (χ0v) is 8.87. The Labute approximate surface area is 105 Å². The van der Waals surface area contributed by atoms with Gasteiger partial charge in [-0.25, -0.2) is 8.78 Å². The number of alkyl halides is 12. The van der Waals surface area contributed by atoms with Crippen LogP contribution in [0.3, 0.4) is 0 Å². The Morgan fingerprint density at radius 1 is 0.571 bits per heavy atom. The molecular formula is C7HF14. The molecule has 0 heterocycles. The summed E-state index contributed by atoms with van der Waals surface area (Å²) in [5.41, 5.74) is 0. The lowest BCUT2D eigenvalue weighted by Crippen LogP contribution is -2.69. The van der Waals surface area contributed by atoms with Gasteiger partial charge in [0.25, 0.3) is 0 Å². The molecule has 0 aromatic rings. The molecular weight excluding hydrogens is 350 g/mol. The van der Waals surface area contributed by atoms with Crippen molar-refractivity contribution >= 4 is 0 Å². The van der Waals surface area contributed by atoms with Gasteiger partial charge in [0.1, 0.15) is 0 Å². The maximum absolute atomic E-state index is 12.6. The molecule has 0 aliphatic carbocycles. The number of hydrogen-bond acceptors (Lipinski definition) is 0. The molecule has 0 unspecified atom stereocenters. The largest absolute Gasteiger partial charge is 0.385 e. The van der Waals surface area contributed by atoms with Gasteiger partial charge in [-0.3, -0.25) is 0 Å². The van der Waals surface area contributed by atoms with E-state index < -0.39 is 42.5 Å². The van der Waals surface area contributed by atoms with Gasteiger partial charge >= 0.3 is 42.5 Å². The van der Waals surface area contributed by atoms with E-state index in [9.17, 15) is 61.5 Å². The number of rotatable bonds is 6. The van der Waals surface area contributed by atoms with E-state index in [0.717, 1.165) is 0 Å². The molecule has 0 aliphatic rings. The predicted octanol–water partition coefficient (Wildman–Crippen LogP) is 4.86. The molecule has 21 heavy (non-hydrogen) atoms. The van der Waals surface area contributed by atoms with Crippen LogP contribution in [0.15, 0.2) is 0 Å². The Balaban J connectivity index is 6.09. The van der Waals surface area contributed by atoms with Gasteiger partial charge in [0.2, 0.25) is 0 Å². The van der Waals surface area contributed by atoms with Gasteiger partial charge in [0, 0.05) is 0 Å². The fourth-order valence-corrected chi connectivity index (χ4v) is 0.859. The summed E-state index contributed by atoms with van der Waals surface area (Å²) in [6.07, 6.45) is -10.5. The van der Waals surface area contributed by atoms with E-state index in [1.807, 2.05) is 0 Å². The topological polar surface area (TPSA) is 0 Å². The summed E-state index contributed by atoms with van der Waals surface area (Å²) >= 11 is 0. The van der Waals surface area contributed by atoms with E-state index in [2.05, 4.69) is 0 Å². The Morgan fingerprint density at radius 2 is 0.905 bits per heavy atom. The number of halogens is 14. The Hall–Kier alpha value is -0.980. The molecule has 0 aromatic carbocycles. The summed E-state index contributed by atoms with van der Waals surface area (Å²) in [6, 6.07) is 0. The zero-order chi connectivity index (χ0) is 17.7. The van der Waals surface area contributed by atoms with E-state index in [1.54, 1.807) is 0 Å². The molecule has 14 heteroatoms. The third-order valence-corrected chi connectivity index (χ3v) is 2.11. The first kappa shape index (κ1) is 20.0. The minimum Gasteiger partial charge on any atom is -0.203 e. The van der Waals surface area contributed by atoms with Crippen molar-refractivity contribution in [1.29, 1.82) is 0 Å². The van der Waals surface area contributed by atoms with E-state index in [1.165, 1.54) is 0 Å². The molecule has 0 bridgehead atoms. The quantitative estimate of drug-likeness (QED) is 0.600. The molecule has 0 atom stereocenters. The van der Waals surface area contributed by atoms with E-state index in [0.29, 0.717) is 0 Å². The fraction of sp³-hybridized carbons (Fsp3) is 0.857. The van der Waals surface area contributed by atoms with Crippen molar-refractivity contribution in [3.63, 3.8) is 0 Å². The highest BCUT2D eigenvalue weighted by atomic mass is 19.4. The molecule has 0 spiro atoms. The Kier molecular flexibility index (Phi) is 4.80. The van der Waals surface area contributed by atoms with E-state index >= 15 is 0 Å². The SMILES string of the molecule is F[C](F)C(F)(F)C(F)(F)C(F)(F)C(F)(F)C(F)(F)C(F)F. The first-order valence-electron chi connectivity index (χ1n) is 4.24. The van der Waals surface area contributed by atoms with E-state index in [4.69, 9.17) is 0 Å². The Bertz CT molecular complexity index is 334. The van der Waals surface area contributed by atoms with Gasteiger partial charge in [-0.1, -0.05) is 0 Å². The van der Waals surface area contributed by atoms with Crippen molar-refractivity contribution < 1.29 is 61.5 Å². The van der Waals surface area contributed by atoms with E-state index in [-0.39, 0.29) is 0 Å². The maximum Gasteiger partial charge on any atom is 0.385 e. The lowest BCUT2D eigenvalue weighted by Gasteiger charge is -2.38. The van der Waals surface area contributed by atoms with Crippen LogP contribution in [-0.2, 0) is 0 Å². The smallest absolute Gasteiger partial charge is 0.203 e. The van der Waals surface area contributed by atoms with Gasteiger partial charge in [-0.2, -0.15) is 52.7 Å². The second-order valence-electron chi connectivity index (χ2n) is 3.48. The second-order valence-corrected chi connectivity index (χ2v) is 3.48. The molecule has 0 rings (SSSR count). The molecule has 1 radical (unpaired) electrons. The van der Waals surface area contributed by atoms with Gasteiger partial charge in [0.05, 0.1) is 0 Å². The molecule has 0 aromatic heterocycles. The van der Waals surface area contributed by atoms with Crippen LogP contribution in [-0.4, -0.2) is 36.0 Å². The molecule has 127 valence electrons. The highest BCUT2D eigenvalue weighted by molar-refractivity contribution is 5.12. The minimum atomic E-state index is -7.92. The fourth-order valence-electron chi connectivity index (χ4n) is 0.859. The first-order chi connectivity index (χ1) is 8.89. The van der Waals surface area contributed by atoms with Crippen LogP contribution in [0, 0.1) is 6.43 Å². The van der Waals surface area contributed by atoms with Gasteiger partial charge in [0.15, 0.2) is 0 Å². The Morgan fingerprint density at radius 3 is 1.14 bits per heavy atom. The molecule has 0 nitrogen and oxygen atoms in total. The van der Waals surface area contributed by atoms with Crippen molar-refractivity contribution in [2.45, 2.75) is 36.0 Å². The van der Waals surface area contributed by atoms with Gasteiger partial charge in [-0.05, 0) is 0 Å². The minimum absolute atomic E-state index is 4.80. The van der Waals surface area contributed by atoms with Crippen LogP contribution in [0.5, 0.6) is 0 Å². The third-order valence-electron chi connectivity index (χ3n) is 2.11. The normalized spacial score (nSPS) is 16.0. The number of hydrogen-bond donors (Lipinski definition) is 0. The highest BCUT2D eigenvalue weighted by Crippen LogP contribution is 2.59. The molecule has 0 fully saturated rings. The predicted molar refractivity (Wildman–Crippen MR) is 36.2 cm³/mol. The summed E-state index contributed by atoms with van der Waals surface area (Å²) in [6.45, 7) is 0. The summed E-state index contributed by atoms with van der Waals surface area (Å²) in [4.78, 5) is 0. The summed E-state index contributed by atoms with van der Waals surface area (Å²) in [5.74, 6) is -37.9. The zero-order valence-electron chi connectivity index (χ0n) is 8.87. The molecule has 0 N–H and O–H groups in total. The third kappa shape index (κ3) is 2.49. The van der Waals surface area contributed by atoms with Crippen LogP contribution in [0.25, 0.3) is 0 Å². The van der Waals surface area contributed by atoms with Crippen molar-refractivity contribution in [3.8, 4) is 0 Å². The average molecular weight is 351 g/mol. The second kappa shape index (κ2) is 5.04. The van der Waals surface area contributed by atoms with Crippen LogP contribution < -0.4 is 0 Å². The van der Waals surface area contributed by atoms with Gasteiger partial charge in [-0.15, -0.1) is 0 Å². The van der Waals surface area contributed by atoms with Crippen LogP contribution in [0.2, 0.25) is 0 Å². The molecule has 0 aliphatic heterocycles. The average Bonchev–Trinajstić information content (AvgIpc) is 2.27. The van der Waals surface area contributed by atoms with Crippen LogP contribution in [0.4, 0.5) is 61.5 Å². The van der Waals surface area contributed by atoms with Gasteiger partial charge < -0.3 is 0 Å². The molecule has 0 saturated carbocycles. The van der Waals surface area contributed by atoms with Crippen molar-refractivity contribution in [3.05, 3.63) is 6.43 Å². The lowest BCUT2D eigenvalue weighted by atomic mass is 9.94. The monoisotopic (exact) mass is 351 g/mol. The van der Waals surface area contributed by atoms with Crippen molar-refractivity contribution in [2.24, 2.45) is 0 Å².